The van der Waals surface area contributed by atoms with Crippen molar-refractivity contribution in [1.29, 1.82) is 0 Å². The van der Waals surface area contributed by atoms with Crippen LogP contribution in [0.25, 0.3) is 0 Å². The number of carbonyl (C=O) groups excluding carboxylic acids is 1. The maximum absolute atomic E-state index is 12.0. The van der Waals surface area contributed by atoms with Crippen LogP contribution in [0, 0.1) is 5.92 Å². The third kappa shape index (κ3) is 4.11. The monoisotopic (exact) mass is 337 g/mol. The molecule has 0 saturated carbocycles. The van der Waals surface area contributed by atoms with Crippen LogP contribution in [0.2, 0.25) is 0 Å². The highest BCUT2D eigenvalue weighted by Crippen LogP contribution is 2.01. The van der Waals surface area contributed by atoms with E-state index >= 15 is 0 Å². The zero-order valence-corrected chi connectivity index (χ0v) is 12.5. The lowest BCUT2D eigenvalue weighted by Crippen LogP contribution is -3.00. The average molecular weight is 337 g/mol. The van der Waals surface area contributed by atoms with Gasteiger partial charge in [-0.3, -0.25) is 0 Å². The molecule has 1 amide bonds. The fourth-order valence-corrected chi connectivity index (χ4v) is 1.51. The second-order valence-corrected chi connectivity index (χ2v) is 4.20. The van der Waals surface area contributed by atoms with Gasteiger partial charge in [0, 0.05) is 13.1 Å². The van der Waals surface area contributed by atoms with Crippen molar-refractivity contribution in [2.45, 2.75) is 20.8 Å². The van der Waals surface area contributed by atoms with Gasteiger partial charge in [-0.2, -0.15) is 4.57 Å². The van der Waals surface area contributed by atoms with E-state index in [1.165, 1.54) is 0 Å². The van der Waals surface area contributed by atoms with E-state index in [0.29, 0.717) is 5.92 Å². The van der Waals surface area contributed by atoms with Crippen LogP contribution in [-0.4, -0.2) is 28.6 Å². The quantitative estimate of drug-likeness (QED) is 0.476. The summed E-state index contributed by atoms with van der Waals surface area (Å²) >= 11 is 0. The predicted octanol–water partition coefficient (Wildman–Crippen LogP) is -1.74. The van der Waals surface area contributed by atoms with Crippen molar-refractivity contribution in [1.82, 2.24) is 9.47 Å². The molecule has 1 heterocycles. The summed E-state index contributed by atoms with van der Waals surface area (Å²) in [6.07, 6.45) is 5.43. The molecule has 0 aromatic carbocycles. The summed E-state index contributed by atoms with van der Waals surface area (Å²) in [4.78, 5) is 13.9. The van der Waals surface area contributed by atoms with Crippen molar-refractivity contribution in [3.63, 3.8) is 0 Å². The van der Waals surface area contributed by atoms with E-state index in [-0.39, 0.29) is 30.0 Å². The molecule has 1 aromatic heterocycles. The van der Waals surface area contributed by atoms with Crippen LogP contribution in [0.4, 0.5) is 4.79 Å². The number of aryl methyl sites for hydroxylation is 1. The predicted molar refractivity (Wildman–Crippen MR) is 58.5 cm³/mol. The number of nitrogens with zero attached hydrogens (tertiary/aromatic N) is 3. The zero-order valence-electron chi connectivity index (χ0n) is 10.4. The molecule has 0 saturated heterocycles. The van der Waals surface area contributed by atoms with Gasteiger partial charge in [-0.15, -0.1) is 0 Å². The molecule has 0 bridgehead atoms. The molecule has 4 nitrogen and oxygen atoms in total. The first-order valence-corrected chi connectivity index (χ1v) is 5.37. The van der Waals surface area contributed by atoms with Gasteiger partial charge in [0.1, 0.15) is 12.4 Å². The molecule has 0 radical (unpaired) electrons. The van der Waals surface area contributed by atoms with Gasteiger partial charge in [0.15, 0.2) is 0 Å². The Bertz CT molecular complexity index is 336. The Labute approximate surface area is 114 Å². The lowest BCUT2D eigenvalue weighted by Gasteiger charge is -2.19. The fraction of sp³-hybridized carbons (Fsp3) is 0.636. The van der Waals surface area contributed by atoms with Crippen molar-refractivity contribution in [3.05, 3.63) is 18.7 Å². The number of carbonyl (C=O) groups is 1. The number of aromatic nitrogens is 2. The second kappa shape index (κ2) is 6.88. The van der Waals surface area contributed by atoms with Gasteiger partial charge >= 0.3 is 6.03 Å². The van der Waals surface area contributed by atoms with E-state index < -0.39 is 0 Å². The molecule has 0 unspecified atom stereocenters. The minimum atomic E-state index is 0. The molecule has 0 fully saturated rings. The average Bonchev–Trinajstić information content (AvgIpc) is 2.60. The summed E-state index contributed by atoms with van der Waals surface area (Å²) in [5.41, 5.74) is 0. The van der Waals surface area contributed by atoms with E-state index in [9.17, 15) is 4.79 Å². The molecule has 0 atom stereocenters. The lowest BCUT2D eigenvalue weighted by atomic mass is 10.2. The smallest absolute Gasteiger partial charge is 0.415 e. The van der Waals surface area contributed by atoms with Crippen LogP contribution in [0.3, 0.4) is 0 Å². The minimum absolute atomic E-state index is 0. The highest BCUT2D eigenvalue weighted by atomic mass is 127. The number of imidazole rings is 1. The largest absolute Gasteiger partial charge is 1.00 e. The summed E-state index contributed by atoms with van der Waals surface area (Å²) in [5, 5.41) is 0. The minimum Gasteiger partial charge on any atom is -1.00 e. The third-order valence-corrected chi connectivity index (χ3v) is 2.23. The number of amides is 1. The molecule has 16 heavy (non-hydrogen) atoms. The first kappa shape index (κ1) is 15.4. The van der Waals surface area contributed by atoms with Crippen molar-refractivity contribution < 1.29 is 33.3 Å². The van der Waals surface area contributed by atoms with Crippen molar-refractivity contribution >= 4 is 6.03 Å². The maximum Gasteiger partial charge on any atom is 0.415 e. The summed E-state index contributed by atoms with van der Waals surface area (Å²) in [6.45, 7) is 7.79. The number of hydrogen-bond acceptors (Lipinski definition) is 1. The topological polar surface area (TPSA) is 29.1 Å². The van der Waals surface area contributed by atoms with E-state index in [4.69, 9.17) is 0 Å². The van der Waals surface area contributed by atoms with E-state index in [0.717, 1.165) is 13.1 Å². The summed E-state index contributed by atoms with van der Waals surface area (Å²) in [6, 6.07) is 0.0480. The fourth-order valence-electron chi connectivity index (χ4n) is 1.51. The number of halogens is 1. The summed E-state index contributed by atoms with van der Waals surface area (Å²) < 4.78 is 3.48. The number of rotatable bonds is 3. The zero-order chi connectivity index (χ0) is 11.4. The van der Waals surface area contributed by atoms with Crippen LogP contribution in [0.15, 0.2) is 18.7 Å². The van der Waals surface area contributed by atoms with E-state index in [2.05, 4.69) is 13.8 Å². The van der Waals surface area contributed by atoms with Crippen LogP contribution in [0.1, 0.15) is 20.8 Å². The molecular weight excluding hydrogens is 317 g/mol. The van der Waals surface area contributed by atoms with Gasteiger partial charge in [-0.25, -0.2) is 9.36 Å². The molecule has 0 N–H and O–H groups in total. The first-order chi connectivity index (χ1) is 7.04. The summed E-state index contributed by atoms with van der Waals surface area (Å²) in [7, 11) is 1.91. The molecule has 0 spiro atoms. The molecule has 0 aliphatic carbocycles. The molecule has 0 aliphatic rings. The maximum atomic E-state index is 12.0. The number of hydrogen-bond donors (Lipinski definition) is 0. The standard InChI is InChI=1S/C11H20N3O.HI/c1-5-13(8-10(2)3)11(15)14-7-6-12(4)9-14;/h6-7,9-10H,5,8H2,1-4H3;1H/q+1;/p-1. The van der Waals surface area contributed by atoms with Gasteiger partial charge in [0.25, 0.3) is 6.33 Å². The van der Waals surface area contributed by atoms with Gasteiger partial charge in [-0.05, 0) is 12.8 Å². The Hall–Kier alpha value is -0.590. The van der Waals surface area contributed by atoms with Gasteiger partial charge in [0.2, 0.25) is 0 Å². The second-order valence-electron chi connectivity index (χ2n) is 4.20. The van der Waals surface area contributed by atoms with Gasteiger partial charge in [0.05, 0.1) is 7.05 Å². The Balaban J connectivity index is 0.00000225. The molecular formula is C11H20IN3O. The van der Waals surface area contributed by atoms with Crippen molar-refractivity contribution in [3.8, 4) is 0 Å². The van der Waals surface area contributed by atoms with Crippen LogP contribution in [-0.2, 0) is 7.05 Å². The SMILES string of the molecule is CCN(CC(C)C)C(=O)n1cc[n+](C)c1.[I-]. The van der Waals surface area contributed by atoms with Crippen molar-refractivity contribution in [2.75, 3.05) is 13.1 Å². The normalized spacial score (nSPS) is 10.1. The van der Waals surface area contributed by atoms with Gasteiger partial charge in [-0.1, -0.05) is 13.8 Å². The molecule has 1 aromatic rings. The Morgan fingerprint density at radius 3 is 2.50 bits per heavy atom. The van der Waals surface area contributed by atoms with Gasteiger partial charge < -0.3 is 28.9 Å². The Morgan fingerprint density at radius 1 is 1.50 bits per heavy atom. The van der Waals surface area contributed by atoms with Crippen LogP contribution < -0.4 is 28.5 Å². The van der Waals surface area contributed by atoms with E-state index in [1.807, 2.05) is 29.6 Å². The molecule has 92 valence electrons. The first-order valence-electron chi connectivity index (χ1n) is 5.37. The third-order valence-electron chi connectivity index (χ3n) is 2.23. The molecule has 0 aliphatic heterocycles. The highest BCUT2D eigenvalue weighted by molar-refractivity contribution is 5.76. The Kier molecular flexibility index (Phi) is 6.62. The van der Waals surface area contributed by atoms with E-state index in [1.54, 1.807) is 17.1 Å². The molecule has 5 heteroatoms. The highest BCUT2D eigenvalue weighted by Gasteiger charge is 2.19. The van der Waals surface area contributed by atoms with Crippen molar-refractivity contribution in [2.24, 2.45) is 13.0 Å². The van der Waals surface area contributed by atoms with Crippen LogP contribution >= 0.6 is 0 Å². The summed E-state index contributed by atoms with van der Waals surface area (Å²) in [5.74, 6) is 0.498. The Morgan fingerprint density at radius 2 is 2.12 bits per heavy atom. The van der Waals surface area contributed by atoms with Crippen LogP contribution in [0.5, 0.6) is 0 Å². The molecule has 1 rings (SSSR count). The lowest BCUT2D eigenvalue weighted by molar-refractivity contribution is -0.670.